The highest BCUT2D eigenvalue weighted by molar-refractivity contribution is 5.95. The summed E-state index contributed by atoms with van der Waals surface area (Å²) in [6.07, 6.45) is -7.28. The highest BCUT2D eigenvalue weighted by Crippen LogP contribution is 2.75. The lowest BCUT2D eigenvalue weighted by atomic mass is 9.33. The summed E-state index contributed by atoms with van der Waals surface area (Å²) in [5, 5.41) is 83.6. The highest BCUT2D eigenvalue weighted by atomic mass is 16.8. The van der Waals surface area contributed by atoms with Crippen molar-refractivity contribution in [3.8, 4) is 0 Å². The summed E-state index contributed by atoms with van der Waals surface area (Å²) >= 11 is 0. The van der Waals surface area contributed by atoms with Gasteiger partial charge < -0.3 is 59.8 Å². The molecule has 4 saturated carbocycles. The third-order valence-corrected chi connectivity index (χ3v) is 17.3. The number of ether oxygens (including phenoxy) is 4. The number of fused-ring (bicyclic) bond motifs is 7. The van der Waals surface area contributed by atoms with Crippen molar-refractivity contribution in [2.45, 2.75) is 174 Å². The van der Waals surface area contributed by atoms with Crippen molar-refractivity contribution in [2.24, 2.45) is 50.2 Å². The number of allylic oxidation sites excluding steroid dienone is 2. The summed E-state index contributed by atoms with van der Waals surface area (Å²) in [6, 6.07) is 0. The van der Waals surface area contributed by atoms with Gasteiger partial charge in [0, 0.05) is 5.92 Å². The van der Waals surface area contributed by atoms with Crippen LogP contribution in [0.4, 0.5) is 0 Å². The number of carbonyl (C=O) groups excluding carboxylic acids is 1. The maximum atomic E-state index is 14.8. The first-order valence-corrected chi connectivity index (χ1v) is 20.8. The molecule has 0 aromatic rings. The number of aliphatic hydroxyl groups excluding tert-OH is 7. The highest BCUT2D eigenvalue weighted by Gasteiger charge is 2.70. The number of aliphatic hydroxyl groups is 7. The Balaban J connectivity index is 1.16. The van der Waals surface area contributed by atoms with Gasteiger partial charge in [-0.15, -0.1) is 0 Å². The Morgan fingerprint density at radius 1 is 0.750 bits per heavy atom. The molecule has 0 bridgehead atoms. The van der Waals surface area contributed by atoms with Crippen molar-refractivity contribution in [1.82, 2.24) is 0 Å². The Bertz CT molecular complexity index is 1570. The van der Waals surface area contributed by atoms with Crippen molar-refractivity contribution in [3.05, 3.63) is 11.6 Å². The van der Waals surface area contributed by atoms with Crippen LogP contribution in [0.1, 0.15) is 106 Å². The first kappa shape index (κ1) is 42.6. The molecule has 0 aromatic carbocycles. The zero-order chi connectivity index (χ0) is 41.1. The molecule has 5 aliphatic carbocycles. The molecule has 19 atom stereocenters. The molecule has 14 nitrogen and oxygen atoms in total. The molecule has 2 saturated heterocycles. The molecule has 2 aliphatic heterocycles. The van der Waals surface area contributed by atoms with Crippen LogP contribution in [-0.2, 0) is 28.5 Å². The summed E-state index contributed by atoms with van der Waals surface area (Å²) < 4.78 is 24.3. The second-order valence-electron chi connectivity index (χ2n) is 20.5. The molecular formula is C42H66O14. The van der Waals surface area contributed by atoms with E-state index in [2.05, 4.69) is 41.5 Å². The van der Waals surface area contributed by atoms with Crippen molar-refractivity contribution in [2.75, 3.05) is 13.2 Å². The van der Waals surface area contributed by atoms with E-state index in [0.29, 0.717) is 25.7 Å². The van der Waals surface area contributed by atoms with Gasteiger partial charge in [0.2, 0.25) is 0 Å². The van der Waals surface area contributed by atoms with Crippen LogP contribution in [0.15, 0.2) is 11.6 Å². The molecule has 0 spiro atoms. The van der Waals surface area contributed by atoms with Gasteiger partial charge in [0.1, 0.15) is 48.8 Å². The third-order valence-electron chi connectivity index (χ3n) is 17.3. The molecule has 56 heavy (non-hydrogen) atoms. The number of ketones is 1. The smallest absolute Gasteiger partial charge is 0.309 e. The number of carbonyl (C=O) groups is 2. The molecule has 14 heteroatoms. The van der Waals surface area contributed by atoms with Gasteiger partial charge in [0.25, 0.3) is 0 Å². The molecule has 7 rings (SSSR count). The molecule has 0 radical (unpaired) electrons. The fourth-order valence-electron chi connectivity index (χ4n) is 13.4. The zero-order valence-corrected chi connectivity index (χ0v) is 34.0. The number of rotatable bonds is 7. The number of aliphatic carboxylic acids is 1. The van der Waals surface area contributed by atoms with Crippen LogP contribution in [0.2, 0.25) is 0 Å². The summed E-state index contributed by atoms with van der Waals surface area (Å²) in [5.74, 6) is -0.873. The standard InChI is InChI=1S/C42H66O14/c1-37(2)25-8-11-42(7)33(22(45)16-20-21-17-39(4,36(51)52)13-12-38(21,3)14-15-41(20,42)6)40(25,5)10-9-26(37)55-35-32(30(49)28(47)24(19-44)54-35)56-34-31(50)29(48)27(46)23(18-43)53-34/h16,21,23-35,43-44,46-50H,8-15,17-19H2,1-7H3,(H,51,52)/t21-,23+,24+,25-,26?,27-,28+,29-,30-,31+,32+,33+,34-,35-,38+,39-,40-,41+,42+/m0/s1. The van der Waals surface area contributed by atoms with Crippen LogP contribution >= 0.6 is 0 Å². The van der Waals surface area contributed by atoms with E-state index in [1.807, 2.05) is 13.0 Å². The summed E-state index contributed by atoms with van der Waals surface area (Å²) in [5.41, 5.74) is -1.32. The SMILES string of the molecule is CC1(C)C(O[C@@H]2O[C@H](CO)[C@@H](O)[C@H](O)[C@H]2O[C@@H]2O[C@H](CO)[C@H](O)[C@H](O)[C@H]2O)CC[C@]2(C)[C@H]3C(=O)C=C4[C@@H]5C[C@@](C)(C(=O)O)CC[C@]5(C)CC[C@@]4(C)[C@]3(C)CC[C@@H]12. The van der Waals surface area contributed by atoms with Gasteiger partial charge in [-0.3, -0.25) is 9.59 Å². The van der Waals surface area contributed by atoms with E-state index in [4.69, 9.17) is 18.9 Å². The van der Waals surface area contributed by atoms with Crippen LogP contribution in [-0.4, -0.2) is 133 Å². The Hall–Kier alpha value is -1.56. The fraction of sp³-hybridized carbons (Fsp3) is 0.905. The Morgan fingerprint density at radius 3 is 1.98 bits per heavy atom. The third kappa shape index (κ3) is 6.13. The van der Waals surface area contributed by atoms with Gasteiger partial charge in [-0.2, -0.15) is 0 Å². The van der Waals surface area contributed by atoms with E-state index < -0.39 is 103 Å². The monoisotopic (exact) mass is 794 g/mol. The molecule has 7 aliphatic rings. The van der Waals surface area contributed by atoms with E-state index >= 15 is 0 Å². The van der Waals surface area contributed by atoms with Crippen LogP contribution in [0, 0.1) is 50.2 Å². The van der Waals surface area contributed by atoms with Crippen LogP contribution < -0.4 is 0 Å². The van der Waals surface area contributed by atoms with Gasteiger partial charge in [-0.25, -0.2) is 0 Å². The topological polar surface area (TPSA) is 233 Å². The first-order valence-electron chi connectivity index (χ1n) is 20.8. The van der Waals surface area contributed by atoms with Crippen molar-refractivity contribution in [3.63, 3.8) is 0 Å². The summed E-state index contributed by atoms with van der Waals surface area (Å²) in [6.45, 7) is 13.9. The Labute approximate surface area is 329 Å². The second-order valence-corrected chi connectivity index (χ2v) is 20.5. The van der Waals surface area contributed by atoms with E-state index in [1.165, 1.54) is 0 Å². The predicted molar refractivity (Wildman–Crippen MR) is 198 cm³/mol. The van der Waals surface area contributed by atoms with E-state index in [-0.39, 0.29) is 39.8 Å². The molecule has 2 heterocycles. The van der Waals surface area contributed by atoms with Gasteiger partial charge in [0.15, 0.2) is 18.4 Å². The minimum Gasteiger partial charge on any atom is -0.481 e. The first-order chi connectivity index (χ1) is 26.0. The van der Waals surface area contributed by atoms with Crippen LogP contribution in [0.3, 0.4) is 0 Å². The summed E-state index contributed by atoms with van der Waals surface area (Å²) in [7, 11) is 0. The molecule has 0 amide bonds. The van der Waals surface area contributed by atoms with E-state index in [9.17, 15) is 50.4 Å². The number of carboxylic acid groups (broad SMARTS) is 1. The lowest BCUT2D eigenvalue weighted by molar-refractivity contribution is -0.378. The molecular weight excluding hydrogens is 728 g/mol. The van der Waals surface area contributed by atoms with Gasteiger partial charge in [-0.1, -0.05) is 47.1 Å². The van der Waals surface area contributed by atoms with Crippen molar-refractivity contribution >= 4 is 11.8 Å². The van der Waals surface area contributed by atoms with Crippen molar-refractivity contribution in [1.29, 1.82) is 0 Å². The predicted octanol–water partition coefficient (Wildman–Crippen LogP) is 2.06. The van der Waals surface area contributed by atoms with E-state index in [0.717, 1.165) is 37.7 Å². The quantitative estimate of drug-likeness (QED) is 0.173. The van der Waals surface area contributed by atoms with Crippen LogP contribution in [0.5, 0.6) is 0 Å². The van der Waals surface area contributed by atoms with Gasteiger partial charge >= 0.3 is 5.97 Å². The van der Waals surface area contributed by atoms with Crippen LogP contribution in [0.25, 0.3) is 0 Å². The normalized spacial score (nSPS) is 54.2. The summed E-state index contributed by atoms with van der Waals surface area (Å²) in [4.78, 5) is 27.3. The Kier molecular flexibility index (Phi) is 10.9. The lowest BCUT2D eigenvalue weighted by Crippen LogP contribution is -2.68. The fourth-order valence-corrected chi connectivity index (χ4v) is 13.4. The lowest BCUT2D eigenvalue weighted by Gasteiger charge is -2.70. The molecule has 0 aromatic heterocycles. The van der Waals surface area contributed by atoms with Gasteiger partial charge in [-0.05, 0) is 110 Å². The zero-order valence-electron chi connectivity index (χ0n) is 34.0. The maximum Gasteiger partial charge on any atom is 0.309 e. The maximum absolute atomic E-state index is 14.8. The number of hydrogen-bond acceptors (Lipinski definition) is 13. The largest absolute Gasteiger partial charge is 0.481 e. The number of hydrogen-bond donors (Lipinski definition) is 8. The number of carboxylic acids is 1. The minimum absolute atomic E-state index is 0.0192. The second kappa shape index (κ2) is 14.3. The molecule has 6 fully saturated rings. The van der Waals surface area contributed by atoms with Crippen molar-refractivity contribution < 1.29 is 69.4 Å². The average molecular weight is 795 g/mol. The molecule has 8 N–H and O–H groups in total. The average Bonchev–Trinajstić information content (AvgIpc) is 3.13. The molecule has 318 valence electrons. The minimum atomic E-state index is -1.78. The molecule has 1 unspecified atom stereocenters. The van der Waals surface area contributed by atoms with E-state index in [1.54, 1.807) is 0 Å². The Morgan fingerprint density at radius 2 is 1.36 bits per heavy atom. The van der Waals surface area contributed by atoms with Gasteiger partial charge in [0.05, 0.1) is 24.7 Å².